The molecule has 0 heterocycles. The molecule has 9 rings (SSSR count). The average molecular weight is 714 g/mol. The van der Waals surface area contributed by atoms with Crippen LogP contribution in [0.4, 0.5) is 17.1 Å². The first kappa shape index (κ1) is 35.1. The number of fused-ring (bicyclic) bond motifs is 6. The highest BCUT2D eigenvalue weighted by atomic mass is 15.1. The predicted octanol–water partition coefficient (Wildman–Crippen LogP) is 15.0. The Hall–Kier alpha value is -5.66. The summed E-state index contributed by atoms with van der Waals surface area (Å²) in [7, 11) is 0. The van der Waals surface area contributed by atoms with Gasteiger partial charge in [0.2, 0.25) is 0 Å². The van der Waals surface area contributed by atoms with Gasteiger partial charge in [-0.25, -0.2) is 0 Å². The quantitative estimate of drug-likeness (QED) is 0.172. The van der Waals surface area contributed by atoms with Crippen LogP contribution in [0.5, 0.6) is 0 Å². The third-order valence-corrected chi connectivity index (χ3v) is 14.2. The fraction of sp³-hybridized carbons (Fsp3) is 0.222. The van der Waals surface area contributed by atoms with Crippen LogP contribution in [0.25, 0.3) is 44.5 Å². The topological polar surface area (TPSA) is 3.24 Å². The van der Waals surface area contributed by atoms with E-state index in [1.165, 1.54) is 66.8 Å². The molecule has 2 aliphatic rings. The molecule has 0 atom stereocenters. The molecule has 0 saturated heterocycles. The third-order valence-electron chi connectivity index (χ3n) is 14.2. The van der Waals surface area contributed by atoms with Gasteiger partial charge in [0.15, 0.2) is 0 Å². The molecule has 0 aromatic heterocycles. The summed E-state index contributed by atoms with van der Waals surface area (Å²) >= 11 is 0. The first-order chi connectivity index (χ1) is 26.3. The maximum Gasteiger partial charge on any atom is 0.0468 e. The fourth-order valence-corrected chi connectivity index (χ4v) is 9.48. The van der Waals surface area contributed by atoms with Gasteiger partial charge in [-0.05, 0) is 137 Å². The van der Waals surface area contributed by atoms with Crippen LogP contribution in [-0.4, -0.2) is 0 Å². The highest BCUT2D eigenvalue weighted by molar-refractivity contribution is 5.87. The van der Waals surface area contributed by atoms with Gasteiger partial charge in [0, 0.05) is 17.1 Å². The number of hydrogen-bond donors (Lipinski definition) is 0. The third kappa shape index (κ3) is 5.27. The molecule has 7 aromatic carbocycles. The van der Waals surface area contributed by atoms with Crippen LogP contribution in [-0.2, 0) is 21.7 Å². The molecular weight excluding hydrogens is 663 g/mol. The Morgan fingerprint density at radius 1 is 0.273 bits per heavy atom. The van der Waals surface area contributed by atoms with Gasteiger partial charge in [0.1, 0.15) is 0 Å². The van der Waals surface area contributed by atoms with E-state index in [0.717, 1.165) is 17.1 Å². The van der Waals surface area contributed by atoms with Gasteiger partial charge in [-0.15, -0.1) is 0 Å². The summed E-state index contributed by atoms with van der Waals surface area (Å²) in [5.74, 6) is 0. The summed E-state index contributed by atoms with van der Waals surface area (Å²) < 4.78 is 0. The van der Waals surface area contributed by atoms with E-state index in [2.05, 4.69) is 224 Å². The SMILES string of the molecule is CC1(C)c2ccccc2-c2cc(N(c3ccccc3)c3cccc(-c4ccc5c(c4)C(C)(C)C(C)(C)c4cc(-c6ccccc6)ccc4-5)c3)ccc2C1(C)C. The maximum atomic E-state index is 2.47. The van der Waals surface area contributed by atoms with Crippen molar-refractivity contribution < 1.29 is 0 Å². The van der Waals surface area contributed by atoms with Crippen LogP contribution >= 0.6 is 0 Å². The smallest absolute Gasteiger partial charge is 0.0468 e. The second-order valence-corrected chi connectivity index (χ2v) is 17.9. The molecule has 0 fully saturated rings. The van der Waals surface area contributed by atoms with Gasteiger partial charge in [0.05, 0.1) is 0 Å². The summed E-state index contributed by atoms with van der Waals surface area (Å²) in [6, 6.07) is 61.1. The van der Waals surface area contributed by atoms with Crippen LogP contribution in [0.15, 0.2) is 164 Å². The van der Waals surface area contributed by atoms with Crippen LogP contribution in [0.2, 0.25) is 0 Å². The van der Waals surface area contributed by atoms with Crippen LogP contribution in [0, 0.1) is 0 Å². The van der Waals surface area contributed by atoms with E-state index in [0.29, 0.717) is 0 Å². The monoisotopic (exact) mass is 713 g/mol. The molecule has 55 heavy (non-hydrogen) atoms. The van der Waals surface area contributed by atoms with Gasteiger partial charge in [-0.3, -0.25) is 0 Å². The molecule has 0 spiro atoms. The summed E-state index contributed by atoms with van der Waals surface area (Å²) in [6.45, 7) is 19.3. The van der Waals surface area contributed by atoms with Crippen molar-refractivity contribution in [2.45, 2.75) is 77.0 Å². The molecule has 272 valence electrons. The van der Waals surface area contributed by atoms with Gasteiger partial charge >= 0.3 is 0 Å². The van der Waals surface area contributed by atoms with Crippen molar-refractivity contribution in [1.82, 2.24) is 0 Å². The van der Waals surface area contributed by atoms with Crippen molar-refractivity contribution in [3.63, 3.8) is 0 Å². The standard InChI is InChI=1S/C54H51N/c1-51(2)47-25-16-15-24-43(47)46-35-42(28-31-48(46)52(51,3)4)55(40-21-13-10-14-22-40)41-23-17-20-37(32-41)39-27-30-45-44-29-26-38(36-18-11-9-12-19-36)33-49(44)53(5,6)54(7,8)50(45)34-39/h9-35H,1-8H3. The molecule has 0 bridgehead atoms. The predicted molar refractivity (Wildman–Crippen MR) is 235 cm³/mol. The number of nitrogens with zero attached hydrogens (tertiary/aromatic N) is 1. The van der Waals surface area contributed by atoms with E-state index in [4.69, 9.17) is 0 Å². The number of rotatable bonds is 5. The van der Waals surface area contributed by atoms with E-state index in [9.17, 15) is 0 Å². The Kier molecular flexibility index (Phi) is 7.93. The lowest BCUT2D eigenvalue weighted by atomic mass is 9.55. The second-order valence-electron chi connectivity index (χ2n) is 17.9. The summed E-state index contributed by atoms with van der Waals surface area (Å²) in [5, 5.41) is 0. The molecule has 0 N–H and O–H groups in total. The van der Waals surface area contributed by atoms with Crippen molar-refractivity contribution in [2.75, 3.05) is 4.90 Å². The Morgan fingerprint density at radius 2 is 0.709 bits per heavy atom. The lowest BCUT2D eigenvalue weighted by molar-refractivity contribution is 0.299. The second kappa shape index (κ2) is 12.4. The van der Waals surface area contributed by atoms with Crippen molar-refractivity contribution in [1.29, 1.82) is 0 Å². The maximum absolute atomic E-state index is 2.47. The zero-order valence-electron chi connectivity index (χ0n) is 33.5. The average Bonchev–Trinajstić information content (AvgIpc) is 3.20. The van der Waals surface area contributed by atoms with E-state index in [-0.39, 0.29) is 21.7 Å². The number of para-hydroxylation sites is 1. The first-order valence-corrected chi connectivity index (χ1v) is 19.9. The summed E-state index contributed by atoms with van der Waals surface area (Å²) in [6.07, 6.45) is 0. The molecule has 2 aliphatic carbocycles. The van der Waals surface area contributed by atoms with Crippen molar-refractivity contribution in [3.05, 3.63) is 186 Å². The van der Waals surface area contributed by atoms with E-state index in [1.807, 2.05) is 0 Å². The molecular formula is C54H51N. The van der Waals surface area contributed by atoms with Crippen LogP contribution < -0.4 is 4.90 Å². The van der Waals surface area contributed by atoms with Gasteiger partial charge < -0.3 is 4.90 Å². The van der Waals surface area contributed by atoms with Crippen molar-refractivity contribution in [2.24, 2.45) is 0 Å². The van der Waals surface area contributed by atoms with E-state index >= 15 is 0 Å². The molecule has 1 nitrogen and oxygen atoms in total. The molecule has 7 aromatic rings. The van der Waals surface area contributed by atoms with E-state index < -0.39 is 0 Å². The molecule has 0 amide bonds. The minimum absolute atomic E-state index is 0.00258. The molecule has 0 aliphatic heterocycles. The molecule has 1 heteroatoms. The molecule has 0 saturated carbocycles. The number of hydrogen-bond acceptors (Lipinski definition) is 1. The normalized spacial score (nSPS) is 16.6. The van der Waals surface area contributed by atoms with Gasteiger partial charge in [-0.1, -0.05) is 171 Å². The Balaban J connectivity index is 1.16. The lowest BCUT2D eigenvalue weighted by Crippen LogP contribution is -2.43. The highest BCUT2D eigenvalue weighted by Crippen LogP contribution is 2.56. The Labute approximate surface area is 328 Å². The van der Waals surface area contributed by atoms with Gasteiger partial charge in [-0.2, -0.15) is 0 Å². The summed E-state index contributed by atoms with van der Waals surface area (Å²) in [5.41, 5.74) is 19.2. The largest absolute Gasteiger partial charge is 0.310 e. The minimum Gasteiger partial charge on any atom is -0.310 e. The van der Waals surface area contributed by atoms with Crippen molar-refractivity contribution in [3.8, 4) is 44.5 Å². The van der Waals surface area contributed by atoms with E-state index in [1.54, 1.807) is 0 Å². The first-order valence-electron chi connectivity index (χ1n) is 19.9. The minimum atomic E-state index is -0.101. The van der Waals surface area contributed by atoms with Crippen LogP contribution in [0.3, 0.4) is 0 Å². The summed E-state index contributed by atoms with van der Waals surface area (Å²) in [4.78, 5) is 2.42. The molecule has 0 radical (unpaired) electrons. The Bertz CT molecular complexity index is 2590. The lowest BCUT2D eigenvalue weighted by Gasteiger charge is -2.48. The molecule has 0 unspecified atom stereocenters. The Morgan fingerprint density at radius 3 is 1.35 bits per heavy atom. The number of benzene rings is 7. The van der Waals surface area contributed by atoms with Crippen LogP contribution in [0.1, 0.15) is 77.6 Å². The number of anilines is 3. The van der Waals surface area contributed by atoms with Crippen molar-refractivity contribution >= 4 is 17.1 Å². The zero-order chi connectivity index (χ0) is 38.3. The fourth-order valence-electron chi connectivity index (χ4n) is 9.48. The zero-order valence-corrected chi connectivity index (χ0v) is 33.5. The van der Waals surface area contributed by atoms with Gasteiger partial charge in [0.25, 0.3) is 0 Å². The highest BCUT2D eigenvalue weighted by Gasteiger charge is 2.47.